The minimum Gasteiger partial charge on any atom is -0.311 e. The number of hydrogen-bond donors (Lipinski definition) is 0. The first kappa shape index (κ1) is 17.4. The van der Waals surface area contributed by atoms with Gasteiger partial charge in [-0.15, -0.1) is 11.3 Å². The first-order chi connectivity index (χ1) is 13.7. The maximum Gasteiger partial charge on any atom is 0.258 e. The molecule has 0 saturated carbocycles. The van der Waals surface area contributed by atoms with E-state index in [2.05, 4.69) is 34.5 Å². The fourth-order valence-corrected chi connectivity index (χ4v) is 5.52. The molecule has 1 aromatic carbocycles. The Hall–Kier alpha value is -2.68. The molecule has 0 radical (unpaired) electrons. The maximum atomic E-state index is 13.3. The van der Waals surface area contributed by atoms with Gasteiger partial charge in [0, 0.05) is 48.2 Å². The molecule has 3 aromatic rings. The third-order valence-electron chi connectivity index (χ3n) is 5.94. The van der Waals surface area contributed by atoms with Crippen molar-refractivity contribution < 1.29 is 0 Å². The smallest absolute Gasteiger partial charge is 0.258 e. The lowest BCUT2D eigenvalue weighted by Gasteiger charge is -2.42. The van der Waals surface area contributed by atoms with E-state index >= 15 is 0 Å². The van der Waals surface area contributed by atoms with E-state index in [0.29, 0.717) is 23.0 Å². The predicted molar refractivity (Wildman–Crippen MR) is 111 cm³/mol. The summed E-state index contributed by atoms with van der Waals surface area (Å²) < 4.78 is 2.00. The van der Waals surface area contributed by atoms with Gasteiger partial charge in [-0.2, -0.15) is 5.26 Å². The Morgan fingerprint density at radius 2 is 2.04 bits per heavy atom. The summed E-state index contributed by atoms with van der Waals surface area (Å²) in [6.07, 6.45) is 1.17. The average Bonchev–Trinajstić information content (AvgIpc) is 3.22. The Labute approximate surface area is 168 Å². The summed E-state index contributed by atoms with van der Waals surface area (Å²) in [5.74, 6) is 0.935. The van der Waals surface area contributed by atoms with Crippen molar-refractivity contribution in [2.24, 2.45) is 5.92 Å². The lowest BCUT2D eigenvalue weighted by Crippen LogP contribution is -2.46. The Morgan fingerprint density at radius 3 is 2.86 bits per heavy atom. The minimum atomic E-state index is 0.0778. The summed E-state index contributed by atoms with van der Waals surface area (Å²) in [6, 6.07) is 17.9. The van der Waals surface area contributed by atoms with Gasteiger partial charge in [-0.25, -0.2) is 0 Å². The van der Waals surface area contributed by atoms with Gasteiger partial charge in [0.15, 0.2) is 0 Å². The number of hydrogen-bond acceptors (Lipinski definition) is 4. The summed E-state index contributed by atoms with van der Waals surface area (Å²) in [7, 11) is 0. The second-order valence-corrected chi connectivity index (χ2v) is 8.88. The molecule has 2 bridgehead atoms. The summed E-state index contributed by atoms with van der Waals surface area (Å²) in [6.45, 7) is 3.86. The van der Waals surface area contributed by atoms with E-state index in [1.165, 1.54) is 11.3 Å². The third kappa shape index (κ3) is 3.09. The molecule has 2 unspecified atom stereocenters. The molecule has 0 N–H and O–H groups in total. The van der Waals surface area contributed by atoms with Gasteiger partial charge in [-0.1, -0.05) is 18.2 Å². The highest BCUT2D eigenvalue weighted by atomic mass is 32.1. The Bertz CT molecular complexity index is 1110. The van der Waals surface area contributed by atoms with Crippen molar-refractivity contribution >= 4 is 11.3 Å². The fraction of sp³-hybridized carbons (Fsp3) is 0.304. The standard InChI is InChI=1S/C23H21N3OS/c24-11-16-3-1-4-18(9-16)21-6-7-22-19-10-17(13-26(22)23(21)27)12-25(14-19)15-20-5-2-8-28-20/h1-9,17,19H,10,12-15H2. The van der Waals surface area contributed by atoms with Crippen molar-refractivity contribution in [1.82, 2.24) is 9.47 Å². The van der Waals surface area contributed by atoms with Gasteiger partial charge in [-0.3, -0.25) is 9.69 Å². The highest BCUT2D eigenvalue weighted by Gasteiger charge is 2.35. The number of rotatable bonds is 3. The second-order valence-electron chi connectivity index (χ2n) is 7.85. The first-order valence-electron chi connectivity index (χ1n) is 9.70. The van der Waals surface area contributed by atoms with Crippen LogP contribution in [0, 0.1) is 17.2 Å². The van der Waals surface area contributed by atoms with Crippen molar-refractivity contribution in [3.8, 4) is 17.2 Å². The molecule has 5 rings (SSSR count). The lowest BCUT2D eigenvalue weighted by atomic mass is 9.82. The second kappa shape index (κ2) is 7.05. The van der Waals surface area contributed by atoms with Crippen LogP contribution in [-0.4, -0.2) is 22.6 Å². The molecule has 4 heterocycles. The van der Waals surface area contributed by atoms with E-state index in [1.54, 1.807) is 12.1 Å². The molecule has 4 nitrogen and oxygen atoms in total. The molecule has 28 heavy (non-hydrogen) atoms. The molecule has 2 atom stereocenters. The Balaban J connectivity index is 1.47. The Kier molecular flexibility index (Phi) is 4.38. The van der Waals surface area contributed by atoms with Crippen LogP contribution >= 0.6 is 11.3 Å². The van der Waals surface area contributed by atoms with Crippen molar-refractivity contribution in [1.29, 1.82) is 5.26 Å². The molecule has 1 fully saturated rings. The fourth-order valence-electron chi connectivity index (χ4n) is 4.77. The monoisotopic (exact) mass is 387 g/mol. The van der Waals surface area contributed by atoms with E-state index in [-0.39, 0.29) is 5.56 Å². The number of thiophene rings is 1. The maximum absolute atomic E-state index is 13.3. The number of pyridine rings is 1. The number of aromatic nitrogens is 1. The molecule has 140 valence electrons. The van der Waals surface area contributed by atoms with E-state index in [9.17, 15) is 4.79 Å². The molecule has 2 aromatic heterocycles. The van der Waals surface area contributed by atoms with E-state index in [4.69, 9.17) is 5.26 Å². The van der Waals surface area contributed by atoms with Crippen molar-refractivity contribution in [3.63, 3.8) is 0 Å². The van der Waals surface area contributed by atoms with Crippen LogP contribution < -0.4 is 5.56 Å². The highest BCUT2D eigenvalue weighted by Crippen LogP contribution is 2.36. The van der Waals surface area contributed by atoms with Gasteiger partial charge in [0.25, 0.3) is 5.56 Å². The van der Waals surface area contributed by atoms with Crippen LogP contribution in [0.4, 0.5) is 0 Å². The topological polar surface area (TPSA) is 49.0 Å². The van der Waals surface area contributed by atoms with Crippen molar-refractivity contribution in [2.45, 2.75) is 25.4 Å². The van der Waals surface area contributed by atoms with Crippen LogP contribution in [0.15, 0.2) is 58.7 Å². The summed E-state index contributed by atoms with van der Waals surface area (Å²) in [4.78, 5) is 17.2. The minimum absolute atomic E-state index is 0.0778. The molecule has 1 saturated heterocycles. The van der Waals surface area contributed by atoms with Gasteiger partial charge in [0.05, 0.1) is 11.6 Å². The molecule has 2 aliphatic heterocycles. The molecule has 0 amide bonds. The van der Waals surface area contributed by atoms with Crippen molar-refractivity contribution in [3.05, 3.63) is 80.4 Å². The zero-order valence-electron chi connectivity index (χ0n) is 15.5. The summed E-state index contributed by atoms with van der Waals surface area (Å²) in [5.41, 5.74) is 3.35. The molecule has 0 aliphatic carbocycles. The summed E-state index contributed by atoms with van der Waals surface area (Å²) >= 11 is 1.82. The van der Waals surface area contributed by atoms with Gasteiger partial charge >= 0.3 is 0 Å². The molecule has 0 spiro atoms. The van der Waals surface area contributed by atoms with Crippen LogP contribution in [-0.2, 0) is 13.1 Å². The highest BCUT2D eigenvalue weighted by molar-refractivity contribution is 7.09. The lowest BCUT2D eigenvalue weighted by molar-refractivity contribution is 0.115. The molecular formula is C23H21N3OS. The zero-order valence-corrected chi connectivity index (χ0v) is 16.4. The quantitative estimate of drug-likeness (QED) is 0.681. The van der Waals surface area contributed by atoms with Gasteiger partial charge in [0.2, 0.25) is 0 Å². The van der Waals surface area contributed by atoms with Crippen LogP contribution in [0.1, 0.15) is 28.5 Å². The van der Waals surface area contributed by atoms with E-state index in [1.807, 2.05) is 34.1 Å². The van der Waals surface area contributed by atoms with Crippen LogP contribution in [0.5, 0.6) is 0 Å². The molecule has 5 heteroatoms. The first-order valence-corrected chi connectivity index (χ1v) is 10.6. The number of fused-ring (bicyclic) bond motifs is 4. The number of nitrogens with zero attached hydrogens (tertiary/aromatic N) is 3. The molecule has 2 aliphatic rings. The van der Waals surface area contributed by atoms with Gasteiger partial charge < -0.3 is 4.57 Å². The average molecular weight is 388 g/mol. The van der Waals surface area contributed by atoms with E-state index in [0.717, 1.165) is 37.4 Å². The third-order valence-corrected chi connectivity index (χ3v) is 6.80. The molecular weight excluding hydrogens is 366 g/mol. The Morgan fingerprint density at radius 1 is 1.11 bits per heavy atom. The number of likely N-dealkylation sites (tertiary alicyclic amines) is 1. The predicted octanol–water partition coefficient (Wildman–Crippen LogP) is 4.07. The van der Waals surface area contributed by atoms with Crippen LogP contribution in [0.2, 0.25) is 0 Å². The van der Waals surface area contributed by atoms with E-state index < -0.39 is 0 Å². The SMILES string of the molecule is N#Cc1cccc(-c2ccc3n(c2=O)CC2CC3CN(Cc3cccs3)C2)c1. The number of piperidine rings is 1. The zero-order chi connectivity index (χ0) is 19.1. The largest absolute Gasteiger partial charge is 0.311 e. The van der Waals surface area contributed by atoms with Crippen LogP contribution in [0.25, 0.3) is 11.1 Å². The van der Waals surface area contributed by atoms with Crippen LogP contribution in [0.3, 0.4) is 0 Å². The number of nitriles is 1. The van der Waals surface area contributed by atoms with Gasteiger partial charge in [0.1, 0.15) is 0 Å². The number of benzene rings is 1. The van der Waals surface area contributed by atoms with Crippen molar-refractivity contribution in [2.75, 3.05) is 13.1 Å². The normalized spacial score (nSPS) is 21.1. The summed E-state index contributed by atoms with van der Waals surface area (Å²) in [5, 5.41) is 11.3. The van der Waals surface area contributed by atoms with Gasteiger partial charge in [-0.05, 0) is 53.6 Å².